The van der Waals surface area contributed by atoms with Crippen molar-refractivity contribution >= 4 is 6.16 Å². The van der Waals surface area contributed by atoms with E-state index in [1.807, 2.05) is 13.0 Å². The summed E-state index contributed by atoms with van der Waals surface area (Å²) in [6, 6.07) is 1.93. The van der Waals surface area contributed by atoms with E-state index in [0.29, 0.717) is 6.42 Å². The molecule has 0 aromatic carbocycles. The van der Waals surface area contributed by atoms with Crippen LogP contribution in [-0.4, -0.2) is 18.4 Å². The average Bonchev–Trinajstić information content (AvgIpc) is 1.89. The minimum absolute atomic E-state index is 0.625. The molecule has 0 aliphatic rings. The number of methoxy groups -OCH3 is 1. The van der Waals surface area contributed by atoms with Gasteiger partial charge in [-0.3, -0.25) is 0 Å². The molecule has 0 spiro atoms. The molecule has 0 radical (unpaired) electrons. The number of ether oxygens (including phenoxy) is 1. The molecule has 0 heterocycles. The first kappa shape index (κ1) is 10.7. The number of hydrogen-bond acceptors (Lipinski definition) is 3. The highest BCUT2D eigenvalue weighted by Gasteiger charge is 1.80. The number of nitriles is 1. The topological polar surface area (TPSA) is 70.3 Å². The van der Waals surface area contributed by atoms with Gasteiger partial charge >= 0.3 is 6.16 Å². The second-order valence-electron chi connectivity index (χ2n) is 0.982. The first-order valence-electron chi connectivity index (χ1n) is 2.32. The van der Waals surface area contributed by atoms with Crippen molar-refractivity contribution in [1.29, 1.82) is 5.26 Å². The van der Waals surface area contributed by atoms with Crippen LogP contribution in [0.5, 0.6) is 0 Å². The van der Waals surface area contributed by atoms with Gasteiger partial charge in [0, 0.05) is 6.42 Å². The van der Waals surface area contributed by atoms with Crippen molar-refractivity contribution in [3.05, 3.63) is 0 Å². The van der Waals surface area contributed by atoms with Crippen LogP contribution < -0.4 is 0 Å². The maximum Gasteiger partial charge on any atom is 0.505 e. The Balaban J connectivity index is 0. The summed E-state index contributed by atoms with van der Waals surface area (Å²) < 4.78 is 3.67. The summed E-state index contributed by atoms with van der Waals surface area (Å²) in [6.07, 6.45) is -0.620. The van der Waals surface area contributed by atoms with Crippen molar-refractivity contribution in [2.75, 3.05) is 7.11 Å². The van der Waals surface area contributed by atoms with E-state index in [9.17, 15) is 0 Å². The second kappa shape index (κ2) is 9.90. The smallest absolute Gasteiger partial charge is 0.450 e. The van der Waals surface area contributed by atoms with Gasteiger partial charge in [-0.25, -0.2) is 4.79 Å². The molecule has 0 bridgehead atoms. The largest absolute Gasteiger partial charge is 0.505 e. The molecule has 0 saturated carbocycles. The van der Waals surface area contributed by atoms with Gasteiger partial charge in [-0.05, 0) is 0 Å². The number of hydrogen-bond donors (Lipinski definition) is 1. The van der Waals surface area contributed by atoms with Crippen LogP contribution >= 0.6 is 0 Å². The summed E-state index contributed by atoms with van der Waals surface area (Å²) >= 11 is 0. The summed E-state index contributed by atoms with van der Waals surface area (Å²) in [5.41, 5.74) is 0. The summed E-state index contributed by atoms with van der Waals surface area (Å²) in [4.78, 5) is 9.15. The fourth-order valence-electron chi connectivity index (χ4n) is 0. The number of nitrogens with zero attached hydrogens (tertiary/aromatic N) is 1. The Morgan fingerprint density at radius 2 is 2.11 bits per heavy atom. The molecule has 0 aromatic heterocycles. The fraction of sp³-hybridized carbons (Fsp3) is 0.600. The third-order valence-corrected chi connectivity index (χ3v) is 0.333. The zero-order valence-electron chi connectivity index (χ0n) is 5.42. The van der Waals surface area contributed by atoms with Crippen molar-refractivity contribution in [3.63, 3.8) is 0 Å². The van der Waals surface area contributed by atoms with E-state index in [-0.39, 0.29) is 0 Å². The SMILES string of the molecule is CCC#N.COC(=O)O. The standard InChI is InChI=1S/C3H5N.C2H4O3/c1-2-3-4;1-5-2(3)4/h2H2,1H3;1H3,(H,3,4). The monoisotopic (exact) mass is 131 g/mol. The molecule has 0 aliphatic heterocycles. The van der Waals surface area contributed by atoms with Gasteiger partial charge in [-0.15, -0.1) is 0 Å². The zero-order valence-corrected chi connectivity index (χ0v) is 5.42. The third kappa shape index (κ3) is 49.4. The Bertz CT molecular complexity index is 105. The van der Waals surface area contributed by atoms with Gasteiger partial charge in [0.1, 0.15) is 0 Å². The lowest BCUT2D eigenvalue weighted by Gasteiger charge is -1.79. The second-order valence-corrected chi connectivity index (χ2v) is 0.982. The van der Waals surface area contributed by atoms with Crippen LogP contribution in [0.25, 0.3) is 0 Å². The van der Waals surface area contributed by atoms with Crippen molar-refractivity contribution < 1.29 is 14.6 Å². The molecule has 0 saturated heterocycles. The van der Waals surface area contributed by atoms with Crippen LogP contribution in [0.1, 0.15) is 13.3 Å². The van der Waals surface area contributed by atoms with E-state index in [0.717, 1.165) is 7.11 Å². The van der Waals surface area contributed by atoms with Crippen LogP contribution in [0.15, 0.2) is 0 Å². The van der Waals surface area contributed by atoms with Crippen LogP contribution in [0.2, 0.25) is 0 Å². The number of rotatable bonds is 0. The lowest BCUT2D eigenvalue weighted by atomic mass is 10.6. The Labute approximate surface area is 53.7 Å². The van der Waals surface area contributed by atoms with E-state index < -0.39 is 6.16 Å². The molecule has 4 nitrogen and oxygen atoms in total. The Morgan fingerprint density at radius 3 is 2.11 bits per heavy atom. The van der Waals surface area contributed by atoms with Gasteiger partial charge in [-0.1, -0.05) is 6.92 Å². The maximum atomic E-state index is 9.15. The van der Waals surface area contributed by atoms with E-state index in [2.05, 4.69) is 4.74 Å². The van der Waals surface area contributed by atoms with Crippen molar-refractivity contribution in [1.82, 2.24) is 0 Å². The first-order valence-corrected chi connectivity index (χ1v) is 2.32. The van der Waals surface area contributed by atoms with Gasteiger partial charge in [0.15, 0.2) is 0 Å². The zero-order chi connectivity index (χ0) is 7.70. The Morgan fingerprint density at radius 1 is 1.89 bits per heavy atom. The molecular formula is C5H9NO3. The van der Waals surface area contributed by atoms with E-state index >= 15 is 0 Å². The normalized spacial score (nSPS) is 5.89. The minimum atomic E-state index is -1.25. The van der Waals surface area contributed by atoms with Gasteiger partial charge in [0.2, 0.25) is 0 Å². The molecule has 0 fully saturated rings. The lowest BCUT2D eigenvalue weighted by Crippen LogP contribution is -1.91. The molecule has 0 atom stereocenters. The highest BCUT2D eigenvalue weighted by atomic mass is 16.6. The summed E-state index contributed by atoms with van der Waals surface area (Å²) in [5.74, 6) is 0. The summed E-state index contributed by atoms with van der Waals surface area (Å²) in [5, 5.41) is 15.1. The Hall–Kier alpha value is -1.24. The quantitative estimate of drug-likeness (QED) is 0.502. The van der Waals surface area contributed by atoms with E-state index in [1.54, 1.807) is 0 Å². The lowest BCUT2D eigenvalue weighted by molar-refractivity contribution is 0.114. The molecule has 0 aromatic rings. The molecule has 0 aliphatic carbocycles. The van der Waals surface area contributed by atoms with E-state index in [1.165, 1.54) is 0 Å². The van der Waals surface area contributed by atoms with Crippen molar-refractivity contribution in [3.8, 4) is 6.07 Å². The maximum absolute atomic E-state index is 9.15. The van der Waals surface area contributed by atoms with Gasteiger partial charge in [0.05, 0.1) is 13.2 Å². The van der Waals surface area contributed by atoms with Gasteiger partial charge in [-0.2, -0.15) is 5.26 Å². The highest BCUT2D eigenvalue weighted by molar-refractivity contribution is 5.56. The van der Waals surface area contributed by atoms with Gasteiger partial charge < -0.3 is 9.84 Å². The van der Waals surface area contributed by atoms with Crippen LogP contribution in [-0.2, 0) is 4.74 Å². The number of carbonyl (C=O) groups is 1. The third-order valence-electron chi connectivity index (χ3n) is 0.333. The van der Waals surface area contributed by atoms with Gasteiger partial charge in [0.25, 0.3) is 0 Å². The summed E-state index contributed by atoms with van der Waals surface area (Å²) in [6.45, 7) is 1.82. The predicted molar refractivity (Wildman–Crippen MR) is 30.9 cm³/mol. The highest BCUT2D eigenvalue weighted by Crippen LogP contribution is 1.60. The minimum Gasteiger partial charge on any atom is -0.450 e. The molecule has 0 rings (SSSR count). The molecule has 1 N–H and O–H groups in total. The summed E-state index contributed by atoms with van der Waals surface area (Å²) in [7, 11) is 1.10. The molecule has 0 unspecified atom stereocenters. The Kier molecular flexibility index (Phi) is 11.8. The molecular weight excluding hydrogens is 122 g/mol. The first-order chi connectivity index (χ1) is 4.18. The predicted octanol–water partition coefficient (Wildman–Crippen LogP) is 1.23. The number of carboxylic acid groups (broad SMARTS) is 1. The van der Waals surface area contributed by atoms with Crippen molar-refractivity contribution in [2.24, 2.45) is 0 Å². The molecule has 4 heteroatoms. The average molecular weight is 131 g/mol. The molecule has 52 valence electrons. The van der Waals surface area contributed by atoms with Crippen LogP contribution in [0.4, 0.5) is 4.79 Å². The van der Waals surface area contributed by atoms with Crippen molar-refractivity contribution in [2.45, 2.75) is 13.3 Å². The fourth-order valence-corrected chi connectivity index (χ4v) is 0. The van der Waals surface area contributed by atoms with Crippen LogP contribution in [0.3, 0.4) is 0 Å². The van der Waals surface area contributed by atoms with E-state index in [4.69, 9.17) is 15.2 Å². The van der Waals surface area contributed by atoms with Crippen LogP contribution in [0, 0.1) is 11.3 Å². The molecule has 9 heavy (non-hydrogen) atoms. The molecule has 0 amide bonds.